The van der Waals surface area contributed by atoms with E-state index in [1.165, 1.54) is 34.9 Å². The Morgan fingerprint density at radius 3 is 2.52 bits per heavy atom. The number of aryl methyl sites for hydroxylation is 1. The smallest absolute Gasteiger partial charge is 0.317 e. The van der Waals surface area contributed by atoms with E-state index in [-0.39, 0.29) is 17.5 Å². The first-order valence-corrected chi connectivity index (χ1v) is 12.3. The van der Waals surface area contributed by atoms with Gasteiger partial charge in [-0.05, 0) is 92.7 Å². The topological polar surface area (TPSA) is 52.6 Å². The first kappa shape index (κ1) is 18.7. The third kappa shape index (κ3) is 2.90. The molecule has 1 saturated heterocycles. The molecular weight excluding hydrogens is 428 g/mol. The Morgan fingerprint density at radius 2 is 1.83 bits per heavy atom. The van der Waals surface area contributed by atoms with Crippen LogP contribution in [0.15, 0.2) is 22.7 Å². The van der Waals surface area contributed by atoms with Gasteiger partial charge in [-0.25, -0.2) is 4.79 Å². The molecule has 1 heterocycles. The molecule has 2 N–H and O–H groups in total. The number of urea groups is 1. The molecule has 2 atom stereocenters. The number of halogens is 1. The fourth-order valence-corrected chi connectivity index (χ4v) is 8.79. The zero-order valence-electron chi connectivity index (χ0n) is 17.0. The van der Waals surface area contributed by atoms with Gasteiger partial charge in [0.15, 0.2) is 0 Å². The predicted octanol–water partition coefficient (Wildman–Crippen LogP) is 4.38. The summed E-state index contributed by atoms with van der Waals surface area (Å²) >= 11 is 3.79. The van der Waals surface area contributed by atoms with Crippen molar-refractivity contribution in [3.8, 4) is 0 Å². The van der Waals surface area contributed by atoms with Gasteiger partial charge < -0.3 is 15.3 Å². The lowest BCUT2D eigenvalue weighted by molar-refractivity contribution is -0.137. The number of rotatable bonds is 1. The second kappa shape index (κ2) is 6.46. The van der Waals surface area contributed by atoms with Crippen molar-refractivity contribution in [2.45, 2.75) is 74.8 Å². The van der Waals surface area contributed by atoms with Gasteiger partial charge in [0, 0.05) is 29.0 Å². The maximum absolute atomic E-state index is 13.1. The van der Waals surface area contributed by atoms with Gasteiger partial charge in [0.1, 0.15) is 0 Å². The van der Waals surface area contributed by atoms with Crippen LogP contribution in [0.25, 0.3) is 0 Å². The van der Waals surface area contributed by atoms with Gasteiger partial charge in [0.2, 0.25) is 0 Å². The fourth-order valence-electron chi connectivity index (χ4n) is 7.96. The third-order valence-corrected chi connectivity index (χ3v) is 9.70. The highest BCUT2D eigenvalue weighted by Gasteiger charge is 2.55. The van der Waals surface area contributed by atoms with Crippen molar-refractivity contribution in [3.63, 3.8) is 0 Å². The molecule has 5 aliphatic carbocycles. The number of benzene rings is 1. The van der Waals surface area contributed by atoms with E-state index in [1.807, 2.05) is 0 Å². The molecule has 1 aromatic rings. The quantitative estimate of drug-likeness (QED) is 0.655. The average Bonchev–Trinajstić information content (AvgIpc) is 3.03. The van der Waals surface area contributed by atoms with E-state index in [2.05, 4.69) is 44.3 Å². The molecule has 0 radical (unpaired) electrons. The number of aliphatic hydroxyl groups is 1. The molecule has 156 valence electrons. The first-order valence-electron chi connectivity index (χ1n) is 11.5. The summed E-state index contributed by atoms with van der Waals surface area (Å²) in [4.78, 5) is 15.2. The van der Waals surface area contributed by atoms with Crippen molar-refractivity contribution in [1.82, 2.24) is 10.2 Å². The number of nitrogens with zero attached hydrogens (tertiary/aromatic N) is 1. The summed E-state index contributed by atoms with van der Waals surface area (Å²) in [5, 5.41) is 14.2. The van der Waals surface area contributed by atoms with Crippen molar-refractivity contribution in [2.75, 3.05) is 13.1 Å². The number of hydrogen-bond acceptors (Lipinski definition) is 2. The summed E-state index contributed by atoms with van der Waals surface area (Å²) in [5.41, 5.74) is 2.81. The van der Waals surface area contributed by atoms with Crippen LogP contribution < -0.4 is 5.32 Å². The van der Waals surface area contributed by atoms with Crippen molar-refractivity contribution in [2.24, 2.45) is 17.8 Å². The van der Waals surface area contributed by atoms with Crippen LogP contribution in [0.5, 0.6) is 0 Å². The molecule has 4 saturated carbocycles. The van der Waals surface area contributed by atoms with E-state index < -0.39 is 5.60 Å². The minimum Gasteiger partial charge on any atom is -0.390 e. The summed E-state index contributed by atoms with van der Waals surface area (Å²) in [7, 11) is 0. The fraction of sp³-hybridized carbons (Fsp3) is 0.708. The average molecular weight is 459 g/mol. The van der Waals surface area contributed by atoms with E-state index >= 15 is 0 Å². The van der Waals surface area contributed by atoms with Gasteiger partial charge in [-0.2, -0.15) is 0 Å². The SMILES string of the molecule is O=C(NC1C2CC3CC1CC(O)(C3)C2)N1CCC2(CCc3cccc(Br)c32)CC1. The first-order chi connectivity index (χ1) is 13.9. The summed E-state index contributed by atoms with van der Waals surface area (Å²) < 4.78 is 1.25. The van der Waals surface area contributed by atoms with Gasteiger partial charge in [-0.3, -0.25) is 0 Å². The number of hydrogen-bond donors (Lipinski definition) is 2. The van der Waals surface area contributed by atoms with Gasteiger partial charge in [-0.1, -0.05) is 28.1 Å². The van der Waals surface area contributed by atoms with E-state index in [4.69, 9.17) is 0 Å². The molecule has 1 spiro atoms. The van der Waals surface area contributed by atoms with Gasteiger partial charge in [-0.15, -0.1) is 0 Å². The molecule has 1 aliphatic heterocycles. The zero-order chi connectivity index (χ0) is 19.8. The Kier molecular flexibility index (Phi) is 4.16. The summed E-state index contributed by atoms with van der Waals surface area (Å²) in [6.45, 7) is 1.70. The molecule has 1 aromatic carbocycles. The predicted molar refractivity (Wildman–Crippen MR) is 116 cm³/mol. The number of amides is 2. The number of nitrogens with one attached hydrogen (secondary N) is 1. The zero-order valence-corrected chi connectivity index (χ0v) is 18.6. The molecule has 2 amide bonds. The molecule has 6 aliphatic rings. The Bertz CT molecular complexity index is 831. The summed E-state index contributed by atoms with van der Waals surface area (Å²) in [5.74, 6) is 1.63. The van der Waals surface area contributed by atoms with Crippen LogP contribution in [0.3, 0.4) is 0 Å². The molecule has 2 unspecified atom stereocenters. The summed E-state index contributed by atoms with van der Waals surface area (Å²) in [6.07, 6.45) is 9.66. The monoisotopic (exact) mass is 458 g/mol. The second-order valence-corrected chi connectivity index (χ2v) is 11.6. The Balaban J connectivity index is 1.13. The standard InChI is InChI=1S/C24H31BrN2O2/c25-19-3-1-2-16-4-5-23(20(16)19)6-8-27(9-7-23)22(28)26-21-17-10-15-11-18(21)14-24(29,12-15)13-17/h1-3,15,17-18,21,29H,4-14H2,(H,26,28). The van der Waals surface area contributed by atoms with Crippen LogP contribution in [0.1, 0.15) is 62.5 Å². The van der Waals surface area contributed by atoms with Crippen molar-refractivity contribution in [3.05, 3.63) is 33.8 Å². The number of piperidine rings is 1. The normalized spacial score (nSPS) is 39.0. The lowest BCUT2D eigenvalue weighted by Crippen LogP contribution is -2.63. The maximum atomic E-state index is 13.1. The second-order valence-electron chi connectivity index (χ2n) is 10.7. The van der Waals surface area contributed by atoms with Crippen LogP contribution in [0.4, 0.5) is 4.79 Å². The van der Waals surface area contributed by atoms with Gasteiger partial charge in [0.05, 0.1) is 5.60 Å². The summed E-state index contributed by atoms with van der Waals surface area (Å²) in [6, 6.07) is 7.00. The van der Waals surface area contributed by atoms with Crippen LogP contribution in [0.2, 0.25) is 0 Å². The molecule has 5 fully saturated rings. The van der Waals surface area contributed by atoms with Crippen molar-refractivity contribution >= 4 is 22.0 Å². The molecule has 29 heavy (non-hydrogen) atoms. The lowest BCUT2D eigenvalue weighted by atomic mass is 9.52. The lowest BCUT2D eigenvalue weighted by Gasteiger charge is -2.58. The minimum absolute atomic E-state index is 0.134. The molecule has 7 rings (SSSR count). The number of fused-ring (bicyclic) bond motifs is 2. The van der Waals surface area contributed by atoms with Crippen LogP contribution in [-0.4, -0.2) is 40.8 Å². The molecule has 4 bridgehead atoms. The minimum atomic E-state index is -0.432. The van der Waals surface area contributed by atoms with Crippen LogP contribution in [0, 0.1) is 17.8 Å². The van der Waals surface area contributed by atoms with Crippen LogP contribution >= 0.6 is 15.9 Å². The Morgan fingerprint density at radius 1 is 1.10 bits per heavy atom. The number of carbonyl (C=O) groups excluding carboxylic acids is 1. The third-order valence-electron chi connectivity index (χ3n) is 9.04. The highest BCUT2D eigenvalue weighted by Crippen LogP contribution is 2.56. The van der Waals surface area contributed by atoms with E-state index in [9.17, 15) is 9.90 Å². The molecule has 4 nitrogen and oxygen atoms in total. The van der Waals surface area contributed by atoms with Gasteiger partial charge >= 0.3 is 6.03 Å². The van der Waals surface area contributed by atoms with E-state index in [0.717, 1.165) is 51.6 Å². The maximum Gasteiger partial charge on any atom is 0.317 e. The molecule has 5 heteroatoms. The number of likely N-dealkylation sites (tertiary alicyclic amines) is 1. The van der Waals surface area contributed by atoms with Gasteiger partial charge in [0.25, 0.3) is 0 Å². The van der Waals surface area contributed by atoms with E-state index in [1.54, 1.807) is 0 Å². The highest BCUT2D eigenvalue weighted by molar-refractivity contribution is 9.10. The number of carbonyl (C=O) groups is 1. The van der Waals surface area contributed by atoms with Crippen LogP contribution in [-0.2, 0) is 11.8 Å². The molecule has 0 aromatic heterocycles. The van der Waals surface area contributed by atoms with E-state index in [0.29, 0.717) is 17.8 Å². The Hall–Kier alpha value is -1.07. The highest BCUT2D eigenvalue weighted by atomic mass is 79.9. The van der Waals surface area contributed by atoms with Crippen molar-refractivity contribution in [1.29, 1.82) is 0 Å². The van der Waals surface area contributed by atoms with Crippen molar-refractivity contribution < 1.29 is 9.90 Å². The molecular formula is C24H31BrN2O2. The Labute approximate surface area is 181 Å². The largest absolute Gasteiger partial charge is 0.390 e.